The Bertz CT molecular complexity index is 936. The molecule has 6 nitrogen and oxygen atoms in total. The molecule has 0 unspecified atom stereocenters. The van der Waals surface area contributed by atoms with E-state index in [9.17, 15) is 4.39 Å². The van der Waals surface area contributed by atoms with Crippen LogP contribution >= 0.6 is 0 Å². The van der Waals surface area contributed by atoms with E-state index in [1.165, 1.54) is 6.07 Å². The van der Waals surface area contributed by atoms with Crippen molar-refractivity contribution in [1.82, 2.24) is 19.7 Å². The average molecular weight is 381 g/mol. The van der Waals surface area contributed by atoms with Crippen molar-refractivity contribution >= 4 is 5.69 Å². The van der Waals surface area contributed by atoms with Crippen LogP contribution in [0.2, 0.25) is 0 Å². The largest absolute Gasteiger partial charge is 0.381 e. The van der Waals surface area contributed by atoms with E-state index in [-0.39, 0.29) is 5.82 Å². The number of rotatable bonds is 6. The van der Waals surface area contributed by atoms with Crippen molar-refractivity contribution in [3.63, 3.8) is 0 Å². The monoisotopic (exact) mass is 381 g/mol. The van der Waals surface area contributed by atoms with Crippen molar-refractivity contribution in [2.75, 3.05) is 18.5 Å². The lowest BCUT2D eigenvalue weighted by molar-refractivity contribution is 0.0904. The number of aryl methyl sites for hydroxylation is 1. The molecule has 0 aromatic carbocycles. The van der Waals surface area contributed by atoms with Crippen LogP contribution in [0.3, 0.4) is 0 Å². The molecule has 1 saturated heterocycles. The second-order valence-corrected chi connectivity index (χ2v) is 7.01. The zero-order chi connectivity index (χ0) is 19.3. The maximum absolute atomic E-state index is 14.7. The van der Waals surface area contributed by atoms with Crippen molar-refractivity contribution in [3.05, 3.63) is 54.5 Å². The summed E-state index contributed by atoms with van der Waals surface area (Å²) < 4.78 is 21.8. The normalized spacial score (nSPS) is 14.9. The number of nitrogens with one attached hydrogen (secondary N) is 1. The van der Waals surface area contributed by atoms with Crippen molar-refractivity contribution in [3.8, 4) is 16.9 Å². The van der Waals surface area contributed by atoms with Crippen molar-refractivity contribution in [2.45, 2.75) is 38.6 Å². The van der Waals surface area contributed by atoms with Gasteiger partial charge in [-0.15, -0.1) is 0 Å². The predicted molar refractivity (Wildman–Crippen MR) is 106 cm³/mol. The van der Waals surface area contributed by atoms with E-state index in [4.69, 9.17) is 4.74 Å². The van der Waals surface area contributed by atoms with Crippen LogP contribution in [0.25, 0.3) is 16.9 Å². The van der Waals surface area contributed by atoms with Crippen LogP contribution in [0, 0.1) is 5.82 Å². The van der Waals surface area contributed by atoms with Gasteiger partial charge in [0.1, 0.15) is 5.69 Å². The first-order valence-corrected chi connectivity index (χ1v) is 9.73. The molecule has 0 atom stereocenters. The second-order valence-electron chi connectivity index (χ2n) is 7.01. The number of hydrogen-bond acceptors (Lipinski definition) is 5. The molecule has 3 aromatic heterocycles. The molecular weight excluding hydrogens is 357 g/mol. The SMILES string of the molecule is CCCc1cc(-n2cc(-c3ncc(NC4CCOCC4)cc3F)cn2)ccn1. The summed E-state index contributed by atoms with van der Waals surface area (Å²) in [6, 6.07) is 5.69. The van der Waals surface area contributed by atoms with Crippen LogP contribution in [0.1, 0.15) is 31.9 Å². The molecule has 1 fully saturated rings. The third-order valence-corrected chi connectivity index (χ3v) is 4.86. The van der Waals surface area contributed by atoms with Crippen LogP contribution in [0.15, 0.2) is 43.0 Å². The highest BCUT2D eigenvalue weighted by Crippen LogP contribution is 2.24. The van der Waals surface area contributed by atoms with Gasteiger partial charge >= 0.3 is 0 Å². The van der Waals surface area contributed by atoms with Crippen LogP contribution in [-0.4, -0.2) is 39.0 Å². The van der Waals surface area contributed by atoms with E-state index < -0.39 is 0 Å². The number of aromatic nitrogens is 4. The van der Waals surface area contributed by atoms with Crippen molar-refractivity contribution < 1.29 is 9.13 Å². The molecule has 28 heavy (non-hydrogen) atoms. The minimum atomic E-state index is -0.363. The van der Waals surface area contributed by atoms with Gasteiger partial charge in [-0.05, 0) is 31.4 Å². The molecule has 146 valence electrons. The fraction of sp³-hybridized carbons (Fsp3) is 0.381. The third-order valence-electron chi connectivity index (χ3n) is 4.86. The second kappa shape index (κ2) is 8.48. The van der Waals surface area contributed by atoms with Gasteiger partial charge < -0.3 is 10.1 Å². The minimum absolute atomic E-state index is 0.298. The molecule has 1 aliphatic rings. The van der Waals surface area contributed by atoms with E-state index in [2.05, 4.69) is 27.3 Å². The molecule has 0 aliphatic carbocycles. The molecule has 0 bridgehead atoms. The fourth-order valence-electron chi connectivity index (χ4n) is 3.39. The molecule has 4 rings (SSSR count). The summed E-state index contributed by atoms with van der Waals surface area (Å²) >= 11 is 0. The Morgan fingerprint density at radius 3 is 2.86 bits per heavy atom. The van der Waals surface area contributed by atoms with Gasteiger partial charge in [0.05, 0.1) is 23.8 Å². The Kier molecular flexibility index (Phi) is 5.62. The standard InChI is InChI=1S/C21H24FN5O/c1-2-3-17-10-19(4-7-23-17)27-14-15(12-25-27)21-20(22)11-18(13-24-21)26-16-5-8-28-9-6-16/h4,7,10-14,16,26H,2-3,5-6,8-9H2,1H3. The Labute approximate surface area is 163 Å². The Morgan fingerprint density at radius 2 is 2.07 bits per heavy atom. The number of pyridine rings is 2. The molecule has 0 saturated carbocycles. The van der Waals surface area contributed by atoms with E-state index >= 15 is 0 Å². The van der Waals surface area contributed by atoms with Crippen LogP contribution in [-0.2, 0) is 11.2 Å². The van der Waals surface area contributed by atoms with Crippen LogP contribution in [0.5, 0.6) is 0 Å². The maximum atomic E-state index is 14.7. The van der Waals surface area contributed by atoms with E-state index in [0.717, 1.165) is 50.3 Å². The fourth-order valence-corrected chi connectivity index (χ4v) is 3.39. The molecule has 4 heterocycles. The summed E-state index contributed by atoms with van der Waals surface area (Å²) in [5.74, 6) is -0.363. The van der Waals surface area contributed by atoms with Gasteiger partial charge in [-0.1, -0.05) is 13.3 Å². The van der Waals surface area contributed by atoms with E-state index in [1.807, 2.05) is 12.1 Å². The Morgan fingerprint density at radius 1 is 1.21 bits per heavy atom. The van der Waals surface area contributed by atoms with Gasteiger partial charge in [-0.25, -0.2) is 9.07 Å². The van der Waals surface area contributed by atoms with Gasteiger partial charge in [0, 0.05) is 49.0 Å². The topological polar surface area (TPSA) is 64.9 Å². The van der Waals surface area contributed by atoms with Crippen LogP contribution < -0.4 is 5.32 Å². The molecule has 3 aromatic rings. The molecule has 0 spiro atoms. The highest BCUT2D eigenvalue weighted by atomic mass is 19.1. The maximum Gasteiger partial charge on any atom is 0.151 e. The van der Waals surface area contributed by atoms with Gasteiger partial charge in [0.15, 0.2) is 5.82 Å². The lowest BCUT2D eigenvalue weighted by Crippen LogP contribution is -2.27. The van der Waals surface area contributed by atoms with Gasteiger partial charge in [-0.3, -0.25) is 9.97 Å². The quantitative estimate of drug-likeness (QED) is 0.699. The molecular formula is C21H24FN5O. The third kappa shape index (κ3) is 4.20. The first-order valence-electron chi connectivity index (χ1n) is 9.73. The minimum Gasteiger partial charge on any atom is -0.381 e. The van der Waals surface area contributed by atoms with Gasteiger partial charge in [0.25, 0.3) is 0 Å². The lowest BCUT2D eigenvalue weighted by atomic mass is 10.1. The highest BCUT2D eigenvalue weighted by molar-refractivity contribution is 5.61. The summed E-state index contributed by atoms with van der Waals surface area (Å²) in [6.45, 7) is 3.59. The van der Waals surface area contributed by atoms with Gasteiger partial charge in [-0.2, -0.15) is 5.10 Å². The van der Waals surface area contributed by atoms with Crippen molar-refractivity contribution in [1.29, 1.82) is 0 Å². The van der Waals surface area contributed by atoms with Crippen LogP contribution in [0.4, 0.5) is 10.1 Å². The lowest BCUT2D eigenvalue weighted by Gasteiger charge is -2.24. The molecule has 1 N–H and O–H groups in total. The zero-order valence-corrected chi connectivity index (χ0v) is 15.9. The van der Waals surface area contributed by atoms with Gasteiger partial charge in [0.2, 0.25) is 0 Å². The molecule has 0 radical (unpaired) electrons. The smallest absolute Gasteiger partial charge is 0.151 e. The summed E-state index contributed by atoms with van der Waals surface area (Å²) in [6.07, 6.45) is 10.7. The first kappa shape index (κ1) is 18.6. The summed E-state index contributed by atoms with van der Waals surface area (Å²) in [5.41, 5.74) is 3.56. The zero-order valence-electron chi connectivity index (χ0n) is 15.9. The highest BCUT2D eigenvalue weighted by Gasteiger charge is 2.16. The van der Waals surface area contributed by atoms with E-state index in [1.54, 1.807) is 29.5 Å². The Hall–Kier alpha value is -2.80. The number of hydrogen-bond donors (Lipinski definition) is 1. The summed E-state index contributed by atoms with van der Waals surface area (Å²) in [5, 5.41) is 7.71. The summed E-state index contributed by atoms with van der Waals surface area (Å²) in [4.78, 5) is 8.70. The van der Waals surface area contributed by atoms with E-state index in [0.29, 0.717) is 23.0 Å². The molecule has 7 heteroatoms. The predicted octanol–water partition coefficient (Wildman–Crippen LogP) is 4.01. The summed E-state index contributed by atoms with van der Waals surface area (Å²) in [7, 11) is 0. The molecule has 0 amide bonds. The Balaban J connectivity index is 1.52. The van der Waals surface area contributed by atoms with Crippen molar-refractivity contribution in [2.24, 2.45) is 0 Å². The first-order chi connectivity index (χ1) is 13.7. The average Bonchev–Trinajstić information content (AvgIpc) is 3.19. The number of halogens is 1. The number of nitrogens with zero attached hydrogens (tertiary/aromatic N) is 4. The number of anilines is 1. The number of ether oxygens (including phenoxy) is 1. The molecule has 1 aliphatic heterocycles.